The molecule has 2 aromatic rings. The maximum atomic E-state index is 14.3. The third kappa shape index (κ3) is 7.08. The van der Waals surface area contributed by atoms with Crippen LogP contribution < -0.4 is 5.32 Å². The van der Waals surface area contributed by atoms with Gasteiger partial charge in [0.05, 0.1) is 12.5 Å². The fourth-order valence-electron chi connectivity index (χ4n) is 6.32. The van der Waals surface area contributed by atoms with Gasteiger partial charge in [0.1, 0.15) is 17.2 Å². The van der Waals surface area contributed by atoms with Crippen LogP contribution in [0.5, 0.6) is 0 Å². The van der Waals surface area contributed by atoms with Crippen molar-refractivity contribution in [1.29, 1.82) is 0 Å². The molecule has 2 aliphatic rings. The first-order chi connectivity index (χ1) is 19.8. The van der Waals surface area contributed by atoms with Gasteiger partial charge in [0.15, 0.2) is 0 Å². The minimum absolute atomic E-state index is 0.0524. The molecular weight excluding hydrogens is 533 g/mol. The number of rotatable bonds is 10. The monoisotopic (exact) mass is 577 g/mol. The van der Waals surface area contributed by atoms with E-state index in [1.807, 2.05) is 17.0 Å². The molecule has 1 heterocycles. The fraction of sp³-hybridized carbons (Fsp3) is 0.529. The second kappa shape index (κ2) is 12.8. The van der Waals surface area contributed by atoms with E-state index in [2.05, 4.69) is 39.9 Å². The van der Waals surface area contributed by atoms with Crippen LogP contribution in [0.2, 0.25) is 0 Å². The van der Waals surface area contributed by atoms with E-state index in [1.165, 1.54) is 12.1 Å². The van der Waals surface area contributed by atoms with Gasteiger partial charge in [-0.05, 0) is 97.7 Å². The molecule has 0 radical (unpaired) electrons. The summed E-state index contributed by atoms with van der Waals surface area (Å²) in [5, 5.41) is 11.5. The van der Waals surface area contributed by atoms with Crippen LogP contribution >= 0.6 is 0 Å². The normalized spacial score (nSPS) is 21.5. The van der Waals surface area contributed by atoms with Crippen molar-refractivity contribution in [2.45, 2.75) is 91.3 Å². The van der Waals surface area contributed by atoms with E-state index in [4.69, 9.17) is 10.1 Å². The summed E-state index contributed by atoms with van der Waals surface area (Å²) >= 11 is 0. The Morgan fingerprint density at radius 1 is 1.05 bits per heavy atom. The van der Waals surface area contributed by atoms with Gasteiger partial charge in [0, 0.05) is 17.7 Å². The first kappa shape index (κ1) is 31.4. The maximum absolute atomic E-state index is 14.3. The molecule has 1 unspecified atom stereocenters. The summed E-state index contributed by atoms with van der Waals surface area (Å²) in [4.78, 5) is 44.9. The van der Waals surface area contributed by atoms with E-state index in [9.17, 15) is 18.8 Å². The summed E-state index contributed by atoms with van der Waals surface area (Å²) in [7, 11) is 0. The molecule has 1 saturated carbocycles. The number of aliphatic carboxylic acids is 1. The van der Waals surface area contributed by atoms with Crippen molar-refractivity contribution in [3.05, 3.63) is 71.0 Å². The Morgan fingerprint density at radius 3 is 2.21 bits per heavy atom. The average molecular weight is 578 g/mol. The molecule has 0 bridgehead atoms. The van der Waals surface area contributed by atoms with Crippen molar-refractivity contribution in [1.82, 2.24) is 10.2 Å². The lowest BCUT2D eigenvalue weighted by molar-refractivity contribution is -0.137. The zero-order valence-corrected chi connectivity index (χ0v) is 25.5. The van der Waals surface area contributed by atoms with Crippen molar-refractivity contribution >= 4 is 23.5 Å². The van der Waals surface area contributed by atoms with Gasteiger partial charge >= 0.3 is 5.97 Å². The van der Waals surface area contributed by atoms with E-state index in [1.54, 1.807) is 24.3 Å². The highest BCUT2D eigenvalue weighted by atomic mass is 19.1. The van der Waals surface area contributed by atoms with E-state index in [0.29, 0.717) is 28.7 Å². The standard InChI is InChI=1S/C34H44FN3O4/c1-22(2)6-15-28(23-7-9-25(10-8-23)31(41)36-21-18-29(39)40)38-32(42)30(24-11-13-27(35)14-12-24)37-34(38)19-16-26(17-20-34)33(3,4)5/h7-14,22,26,28H,6,15-21H2,1-5H3,(H,36,41)(H,39,40). The van der Waals surface area contributed by atoms with E-state index >= 15 is 0 Å². The van der Waals surface area contributed by atoms with Crippen LogP contribution in [-0.4, -0.2) is 45.7 Å². The van der Waals surface area contributed by atoms with Gasteiger partial charge in [0.25, 0.3) is 11.8 Å². The molecule has 226 valence electrons. The molecule has 1 fully saturated rings. The number of nitrogens with one attached hydrogen (secondary N) is 1. The third-order valence-corrected chi connectivity index (χ3v) is 8.83. The number of hydrogen-bond donors (Lipinski definition) is 2. The molecule has 0 aromatic heterocycles. The van der Waals surface area contributed by atoms with Crippen LogP contribution in [0, 0.1) is 23.1 Å². The molecule has 0 saturated heterocycles. The number of nitrogens with zero attached hydrogens (tertiary/aromatic N) is 2. The van der Waals surface area contributed by atoms with E-state index in [-0.39, 0.29) is 42.1 Å². The highest BCUT2D eigenvalue weighted by Crippen LogP contribution is 2.50. The highest BCUT2D eigenvalue weighted by molar-refractivity contribution is 6.46. The van der Waals surface area contributed by atoms with Crippen LogP contribution in [-0.2, 0) is 9.59 Å². The lowest BCUT2D eigenvalue weighted by Gasteiger charge is -2.47. The Balaban J connectivity index is 1.70. The first-order valence-corrected chi connectivity index (χ1v) is 15.1. The number of halogens is 1. The van der Waals surface area contributed by atoms with Crippen LogP contribution in [0.3, 0.4) is 0 Å². The van der Waals surface area contributed by atoms with Gasteiger partial charge in [-0.15, -0.1) is 0 Å². The SMILES string of the molecule is CC(C)CCC(c1ccc(C(=O)NCCC(=O)O)cc1)N1C(=O)C(c2ccc(F)cc2)=NC12CCC(C(C)(C)C)CC2. The number of benzene rings is 2. The Bertz CT molecular complexity index is 1300. The molecule has 8 heteroatoms. The quantitative estimate of drug-likeness (QED) is 0.325. The van der Waals surface area contributed by atoms with Gasteiger partial charge in [-0.3, -0.25) is 19.4 Å². The summed E-state index contributed by atoms with van der Waals surface area (Å²) in [6.07, 6.45) is 4.93. The Labute approximate surface area is 248 Å². The van der Waals surface area contributed by atoms with Crippen LogP contribution in [0.15, 0.2) is 53.5 Å². The Hall–Kier alpha value is -3.55. The molecule has 2 amide bonds. The topological polar surface area (TPSA) is 99.1 Å². The molecule has 2 aromatic carbocycles. The van der Waals surface area contributed by atoms with Gasteiger partial charge in [-0.25, -0.2) is 4.39 Å². The largest absolute Gasteiger partial charge is 0.481 e. The number of carboxylic acids is 1. The molecule has 7 nitrogen and oxygen atoms in total. The molecule has 1 atom stereocenters. The summed E-state index contributed by atoms with van der Waals surface area (Å²) in [6, 6.07) is 13.0. The molecule has 4 rings (SSSR count). The Morgan fingerprint density at radius 2 is 1.67 bits per heavy atom. The summed E-state index contributed by atoms with van der Waals surface area (Å²) in [5.74, 6) is -0.851. The summed E-state index contributed by atoms with van der Waals surface area (Å²) < 4.78 is 13.8. The van der Waals surface area contributed by atoms with Crippen molar-refractivity contribution in [2.24, 2.45) is 22.2 Å². The van der Waals surface area contributed by atoms with Crippen molar-refractivity contribution < 1.29 is 23.9 Å². The zero-order chi connectivity index (χ0) is 30.7. The molecule has 1 aliphatic carbocycles. The minimum Gasteiger partial charge on any atom is -0.481 e. The van der Waals surface area contributed by atoms with Gasteiger partial charge in [0.2, 0.25) is 0 Å². The molecule has 2 N–H and O–H groups in total. The highest BCUT2D eigenvalue weighted by Gasteiger charge is 2.52. The van der Waals surface area contributed by atoms with E-state index in [0.717, 1.165) is 44.1 Å². The predicted molar refractivity (Wildman–Crippen MR) is 162 cm³/mol. The minimum atomic E-state index is -0.971. The summed E-state index contributed by atoms with van der Waals surface area (Å²) in [6.45, 7) is 11.2. The lowest BCUT2D eigenvalue weighted by atomic mass is 9.69. The third-order valence-electron chi connectivity index (χ3n) is 8.83. The number of aliphatic imine (C=N–C) groups is 1. The number of carboxylic acid groups (broad SMARTS) is 1. The van der Waals surface area contributed by atoms with Crippen LogP contribution in [0.25, 0.3) is 0 Å². The van der Waals surface area contributed by atoms with Crippen molar-refractivity contribution in [2.75, 3.05) is 6.54 Å². The maximum Gasteiger partial charge on any atom is 0.305 e. The lowest BCUT2D eigenvalue weighted by Crippen LogP contribution is -2.51. The second-order valence-corrected chi connectivity index (χ2v) is 13.3. The second-order valence-electron chi connectivity index (χ2n) is 13.3. The average Bonchev–Trinajstić information content (AvgIpc) is 3.20. The van der Waals surface area contributed by atoms with Crippen LogP contribution in [0.1, 0.15) is 107 Å². The van der Waals surface area contributed by atoms with Gasteiger partial charge in [-0.1, -0.05) is 46.8 Å². The zero-order valence-electron chi connectivity index (χ0n) is 25.5. The smallest absolute Gasteiger partial charge is 0.305 e. The molecule has 42 heavy (non-hydrogen) atoms. The van der Waals surface area contributed by atoms with Gasteiger partial charge < -0.3 is 15.3 Å². The van der Waals surface area contributed by atoms with E-state index < -0.39 is 11.6 Å². The first-order valence-electron chi connectivity index (χ1n) is 15.1. The number of carbonyl (C=O) groups excluding carboxylic acids is 2. The summed E-state index contributed by atoms with van der Waals surface area (Å²) in [5.41, 5.74) is 1.85. The number of hydrogen-bond acceptors (Lipinski definition) is 4. The molecule has 1 spiro atoms. The number of carbonyl (C=O) groups is 3. The number of amides is 2. The van der Waals surface area contributed by atoms with Crippen LogP contribution in [0.4, 0.5) is 4.39 Å². The fourth-order valence-corrected chi connectivity index (χ4v) is 6.32. The molecule has 1 aliphatic heterocycles. The predicted octanol–water partition coefficient (Wildman–Crippen LogP) is 6.77. The Kier molecular flexibility index (Phi) is 9.53. The molecular formula is C34H44FN3O4. The van der Waals surface area contributed by atoms with Gasteiger partial charge in [-0.2, -0.15) is 0 Å². The van der Waals surface area contributed by atoms with Crippen molar-refractivity contribution in [3.63, 3.8) is 0 Å². The van der Waals surface area contributed by atoms with Crippen molar-refractivity contribution in [3.8, 4) is 0 Å².